The topological polar surface area (TPSA) is 71.8 Å². The molecule has 0 amide bonds. The molecule has 0 aliphatic carbocycles. The van der Waals surface area contributed by atoms with Crippen LogP contribution in [0.2, 0.25) is 0 Å². The Bertz CT molecular complexity index is 686. The number of carboxylic acid groups (broad SMARTS) is 1. The van der Waals surface area contributed by atoms with Crippen LogP contribution in [0.25, 0.3) is 12.2 Å². The van der Waals surface area contributed by atoms with Crippen molar-refractivity contribution in [1.29, 1.82) is 0 Å². The second-order valence-corrected chi connectivity index (χ2v) is 3.66. The van der Waals surface area contributed by atoms with E-state index in [0.717, 1.165) is 10.4 Å². The van der Waals surface area contributed by atoms with Crippen molar-refractivity contribution in [3.63, 3.8) is 0 Å². The van der Waals surface area contributed by atoms with Crippen molar-refractivity contribution in [2.45, 2.75) is 6.42 Å². The highest BCUT2D eigenvalue weighted by atomic mass is 16.5. The minimum Gasteiger partial charge on any atom is -0.477 e. The average molecular weight is 228 g/mol. The maximum absolute atomic E-state index is 10.8. The molecule has 3 rings (SSSR count). The summed E-state index contributed by atoms with van der Waals surface area (Å²) in [5, 5.41) is 10.6. The normalized spacial score (nSPS) is 15.6. The Morgan fingerprint density at radius 2 is 2.29 bits per heavy atom. The monoisotopic (exact) mass is 228 g/mol. The Labute approximate surface area is 96.1 Å². The van der Waals surface area contributed by atoms with Gasteiger partial charge >= 0.3 is 5.97 Å². The Hall–Kier alpha value is -2.43. The lowest BCUT2D eigenvalue weighted by atomic mass is 10.1. The number of allylic oxidation sites excluding steroid dienone is 1. The van der Waals surface area contributed by atoms with Gasteiger partial charge in [-0.3, -0.25) is 0 Å². The number of rotatable bonds is 1. The molecule has 5 heteroatoms. The fourth-order valence-electron chi connectivity index (χ4n) is 1.82. The third kappa shape index (κ3) is 1.52. The Kier molecular flexibility index (Phi) is 2.04. The van der Waals surface area contributed by atoms with Crippen molar-refractivity contribution >= 4 is 29.7 Å². The van der Waals surface area contributed by atoms with Crippen LogP contribution in [0.15, 0.2) is 23.5 Å². The van der Waals surface area contributed by atoms with Gasteiger partial charge < -0.3 is 9.84 Å². The number of carbonyl (C=O) groups is 1. The van der Waals surface area contributed by atoms with Gasteiger partial charge in [0.05, 0.1) is 12.5 Å². The van der Waals surface area contributed by atoms with Crippen LogP contribution in [0.4, 0.5) is 5.82 Å². The lowest BCUT2D eigenvalue weighted by Gasteiger charge is -2.10. The summed E-state index contributed by atoms with van der Waals surface area (Å²) in [6, 6.07) is 0. The number of aromatic nitrogens is 1. The largest absolute Gasteiger partial charge is 0.477 e. The number of aliphatic carboxylic acids is 1. The zero-order chi connectivity index (χ0) is 11.8. The minimum absolute atomic E-state index is 0.109. The molecule has 3 heterocycles. The van der Waals surface area contributed by atoms with Gasteiger partial charge in [-0.2, -0.15) is 0 Å². The van der Waals surface area contributed by atoms with E-state index in [1.807, 2.05) is 12.2 Å². The van der Waals surface area contributed by atoms with Gasteiger partial charge in [-0.1, -0.05) is 6.08 Å². The molecular weight excluding hydrogens is 220 g/mol. The van der Waals surface area contributed by atoms with E-state index in [-0.39, 0.29) is 5.71 Å². The van der Waals surface area contributed by atoms with E-state index >= 15 is 0 Å². The minimum atomic E-state index is -1.01. The molecule has 0 atom stereocenters. The van der Waals surface area contributed by atoms with E-state index in [9.17, 15) is 4.79 Å². The van der Waals surface area contributed by atoms with E-state index in [1.165, 1.54) is 0 Å². The summed E-state index contributed by atoms with van der Waals surface area (Å²) in [5.41, 5.74) is 0.109. The zero-order valence-electron chi connectivity index (χ0n) is 8.75. The molecule has 5 nitrogen and oxygen atoms in total. The van der Waals surface area contributed by atoms with Crippen LogP contribution in [0, 0.1) is 0 Å². The van der Waals surface area contributed by atoms with E-state index in [1.54, 1.807) is 18.5 Å². The third-order valence-corrected chi connectivity index (χ3v) is 2.62. The highest BCUT2D eigenvalue weighted by molar-refractivity contribution is 6.37. The predicted molar refractivity (Wildman–Crippen MR) is 61.5 cm³/mol. The maximum atomic E-state index is 10.8. The molecule has 0 bridgehead atoms. The van der Waals surface area contributed by atoms with Crippen LogP contribution in [0.3, 0.4) is 0 Å². The lowest BCUT2D eigenvalue weighted by molar-refractivity contribution is -0.129. The summed E-state index contributed by atoms with van der Waals surface area (Å²) >= 11 is 0. The van der Waals surface area contributed by atoms with Crippen LogP contribution in [0.1, 0.15) is 6.42 Å². The van der Waals surface area contributed by atoms with Crippen LogP contribution in [0.5, 0.6) is 5.75 Å². The smallest absolute Gasteiger partial charge is 0.350 e. The molecule has 1 aromatic rings. The highest BCUT2D eigenvalue weighted by Crippen LogP contribution is 2.11. The summed E-state index contributed by atoms with van der Waals surface area (Å²) < 4.78 is 5.30. The molecule has 17 heavy (non-hydrogen) atoms. The fourth-order valence-corrected chi connectivity index (χ4v) is 1.82. The van der Waals surface area contributed by atoms with Gasteiger partial charge in [-0.15, -0.1) is 0 Å². The van der Waals surface area contributed by atoms with Crippen molar-refractivity contribution in [1.82, 2.24) is 4.98 Å². The SMILES string of the molecule is O=C(O)C1=Nc2ncc3c(c2=CC1)=CC=CO3. The summed E-state index contributed by atoms with van der Waals surface area (Å²) in [5.74, 6) is 0.0885. The fraction of sp³-hybridized carbons (Fsp3) is 0.0833. The highest BCUT2D eigenvalue weighted by Gasteiger charge is 2.15. The van der Waals surface area contributed by atoms with Gasteiger partial charge in [-0.05, 0) is 12.2 Å². The number of hydrogen-bond acceptors (Lipinski definition) is 4. The van der Waals surface area contributed by atoms with Gasteiger partial charge in [-0.25, -0.2) is 14.8 Å². The summed E-state index contributed by atoms with van der Waals surface area (Å²) in [6.45, 7) is 0. The van der Waals surface area contributed by atoms with Crippen molar-refractivity contribution in [3.8, 4) is 5.75 Å². The molecule has 1 N–H and O–H groups in total. The van der Waals surface area contributed by atoms with Crippen LogP contribution < -0.4 is 15.2 Å². The first-order chi connectivity index (χ1) is 8.25. The predicted octanol–water partition coefficient (Wildman–Crippen LogP) is 0.109. The molecule has 0 unspecified atom stereocenters. The Balaban J connectivity index is 2.27. The summed E-state index contributed by atoms with van der Waals surface area (Å²) in [7, 11) is 0. The van der Waals surface area contributed by atoms with Gasteiger partial charge in [0.25, 0.3) is 0 Å². The first-order valence-electron chi connectivity index (χ1n) is 5.09. The Morgan fingerprint density at radius 3 is 3.12 bits per heavy atom. The zero-order valence-corrected chi connectivity index (χ0v) is 8.75. The molecule has 0 spiro atoms. The van der Waals surface area contributed by atoms with E-state index in [2.05, 4.69) is 9.98 Å². The van der Waals surface area contributed by atoms with Gasteiger partial charge in [0.1, 0.15) is 5.71 Å². The molecule has 1 aromatic heterocycles. The molecule has 0 saturated carbocycles. The molecule has 2 aliphatic heterocycles. The molecule has 84 valence electrons. The molecule has 0 saturated heterocycles. The number of aliphatic imine (C=N–C) groups is 1. The second-order valence-electron chi connectivity index (χ2n) is 3.66. The molecule has 0 fully saturated rings. The summed E-state index contributed by atoms with van der Waals surface area (Å²) in [6.07, 6.45) is 8.93. The number of fused-ring (bicyclic) bond motifs is 3. The first kappa shape index (κ1) is 9.77. The standard InChI is InChI=1S/C12H8N2O3/c15-12(16)9-4-3-8-7-2-1-5-17-10(7)6-13-11(8)14-9/h1-3,5-6H,4H2,(H,15,16). The van der Waals surface area contributed by atoms with Crippen molar-refractivity contribution in [2.24, 2.45) is 4.99 Å². The number of nitrogens with zero attached hydrogens (tertiary/aromatic N) is 2. The third-order valence-electron chi connectivity index (χ3n) is 2.62. The number of ether oxygens (including phenoxy) is 1. The average Bonchev–Trinajstić information content (AvgIpc) is 2.38. The quantitative estimate of drug-likeness (QED) is 0.740. The number of pyridine rings is 1. The Morgan fingerprint density at radius 1 is 1.41 bits per heavy atom. The number of hydrogen-bond donors (Lipinski definition) is 1. The second kappa shape index (κ2) is 3.55. The maximum Gasteiger partial charge on any atom is 0.350 e. The van der Waals surface area contributed by atoms with E-state index in [0.29, 0.717) is 18.0 Å². The lowest BCUT2D eigenvalue weighted by Crippen LogP contribution is -2.31. The van der Waals surface area contributed by atoms with Crippen LogP contribution >= 0.6 is 0 Å². The van der Waals surface area contributed by atoms with E-state index in [4.69, 9.17) is 9.84 Å². The molecule has 0 aromatic carbocycles. The molecular formula is C12H8N2O3. The first-order valence-corrected chi connectivity index (χ1v) is 5.09. The molecule has 0 radical (unpaired) electrons. The van der Waals surface area contributed by atoms with Gasteiger partial charge in [0, 0.05) is 16.9 Å². The number of carboxylic acids is 1. The summed E-state index contributed by atoms with van der Waals surface area (Å²) in [4.78, 5) is 19.0. The van der Waals surface area contributed by atoms with Gasteiger partial charge in [0.2, 0.25) is 0 Å². The van der Waals surface area contributed by atoms with Crippen LogP contribution in [-0.4, -0.2) is 21.8 Å². The van der Waals surface area contributed by atoms with Crippen LogP contribution in [-0.2, 0) is 4.79 Å². The van der Waals surface area contributed by atoms with Crippen molar-refractivity contribution in [3.05, 3.63) is 29.0 Å². The van der Waals surface area contributed by atoms with Gasteiger partial charge in [0.15, 0.2) is 11.6 Å². The van der Waals surface area contributed by atoms with E-state index < -0.39 is 5.97 Å². The molecule has 2 aliphatic rings. The van der Waals surface area contributed by atoms with Crippen molar-refractivity contribution < 1.29 is 14.6 Å². The van der Waals surface area contributed by atoms with Crippen molar-refractivity contribution in [2.75, 3.05) is 0 Å².